The van der Waals surface area contributed by atoms with Crippen LogP contribution in [0.2, 0.25) is 0 Å². The first-order valence-electron chi connectivity index (χ1n) is 9.03. The van der Waals surface area contributed by atoms with Crippen molar-refractivity contribution in [3.63, 3.8) is 0 Å². The van der Waals surface area contributed by atoms with Gasteiger partial charge in [0.25, 0.3) is 5.91 Å². The molecule has 0 spiro atoms. The van der Waals surface area contributed by atoms with Crippen molar-refractivity contribution in [3.8, 4) is 0 Å². The van der Waals surface area contributed by atoms with Crippen molar-refractivity contribution in [1.82, 2.24) is 4.90 Å². The van der Waals surface area contributed by atoms with Crippen molar-refractivity contribution in [2.75, 3.05) is 6.54 Å². The van der Waals surface area contributed by atoms with E-state index in [1.807, 2.05) is 51.1 Å². The highest BCUT2D eigenvalue weighted by Crippen LogP contribution is 2.22. The molecule has 134 valence electrons. The predicted molar refractivity (Wildman–Crippen MR) is 103 cm³/mol. The second-order valence-corrected chi connectivity index (χ2v) is 6.17. The molecule has 0 N–H and O–H groups in total. The van der Waals surface area contributed by atoms with Gasteiger partial charge in [-0.3, -0.25) is 9.59 Å². The van der Waals surface area contributed by atoms with Crippen LogP contribution in [-0.4, -0.2) is 17.4 Å². The molecule has 1 aliphatic heterocycles. The number of aryl methyl sites for hydroxylation is 1. The Kier molecular flexibility index (Phi) is 5.21. The number of benzene rings is 2. The lowest BCUT2D eigenvalue weighted by atomic mass is 10.00. The number of rotatable bonds is 1. The molecule has 1 aliphatic rings. The van der Waals surface area contributed by atoms with Gasteiger partial charge < -0.3 is 9.32 Å². The zero-order valence-corrected chi connectivity index (χ0v) is 15.4. The van der Waals surface area contributed by atoms with Crippen LogP contribution in [0, 0.1) is 6.92 Å². The number of hydrogen-bond acceptors (Lipinski definition) is 3. The van der Waals surface area contributed by atoms with Gasteiger partial charge >= 0.3 is 0 Å². The van der Waals surface area contributed by atoms with Gasteiger partial charge in [-0.05, 0) is 36.1 Å². The maximum atomic E-state index is 12.8. The SMILES string of the molecule is CC.Cc1cccc2oc(C(=O)N3CCc4ccccc4C3)cc(=O)c12. The molecule has 0 saturated heterocycles. The molecule has 4 rings (SSSR count). The first-order chi connectivity index (χ1) is 12.6. The maximum Gasteiger partial charge on any atom is 0.290 e. The molecule has 2 heterocycles. The van der Waals surface area contributed by atoms with Gasteiger partial charge in [0.05, 0.1) is 5.39 Å². The summed E-state index contributed by atoms with van der Waals surface area (Å²) >= 11 is 0. The Bertz CT molecular complexity index is 1000. The average Bonchev–Trinajstić information content (AvgIpc) is 2.68. The fourth-order valence-electron chi connectivity index (χ4n) is 3.31. The minimum Gasteiger partial charge on any atom is -0.451 e. The van der Waals surface area contributed by atoms with E-state index in [1.54, 1.807) is 11.0 Å². The summed E-state index contributed by atoms with van der Waals surface area (Å²) in [6.07, 6.45) is 0.818. The van der Waals surface area contributed by atoms with Gasteiger partial charge in [-0.1, -0.05) is 50.2 Å². The molecule has 1 amide bonds. The second kappa shape index (κ2) is 7.56. The van der Waals surface area contributed by atoms with Crippen molar-refractivity contribution in [2.45, 2.75) is 33.7 Å². The lowest BCUT2D eigenvalue weighted by Crippen LogP contribution is -2.36. The van der Waals surface area contributed by atoms with E-state index < -0.39 is 0 Å². The quantitative estimate of drug-likeness (QED) is 0.657. The fraction of sp³-hybridized carbons (Fsp3) is 0.273. The maximum absolute atomic E-state index is 12.8. The van der Waals surface area contributed by atoms with E-state index in [0.717, 1.165) is 17.5 Å². The molecule has 2 aromatic carbocycles. The van der Waals surface area contributed by atoms with Crippen LogP contribution in [0.1, 0.15) is 41.1 Å². The molecular formula is C22H23NO3. The van der Waals surface area contributed by atoms with Gasteiger partial charge in [-0.25, -0.2) is 0 Å². The summed E-state index contributed by atoms with van der Waals surface area (Å²) in [4.78, 5) is 26.9. The zero-order valence-electron chi connectivity index (χ0n) is 15.4. The third-order valence-electron chi connectivity index (χ3n) is 4.59. The minimum atomic E-state index is -0.231. The second-order valence-electron chi connectivity index (χ2n) is 6.17. The van der Waals surface area contributed by atoms with Crippen LogP contribution in [0.3, 0.4) is 0 Å². The summed E-state index contributed by atoms with van der Waals surface area (Å²) < 4.78 is 5.74. The van der Waals surface area contributed by atoms with Gasteiger partial charge in [-0.2, -0.15) is 0 Å². The normalized spacial score (nSPS) is 13.0. The van der Waals surface area contributed by atoms with Crippen molar-refractivity contribution < 1.29 is 9.21 Å². The van der Waals surface area contributed by atoms with E-state index >= 15 is 0 Å². The topological polar surface area (TPSA) is 50.5 Å². The lowest BCUT2D eigenvalue weighted by molar-refractivity contribution is 0.0703. The van der Waals surface area contributed by atoms with E-state index in [-0.39, 0.29) is 17.1 Å². The number of carbonyl (C=O) groups excluding carboxylic acids is 1. The summed E-state index contributed by atoms with van der Waals surface area (Å²) in [5.41, 5.74) is 3.57. The molecule has 4 heteroatoms. The van der Waals surface area contributed by atoms with Crippen LogP contribution in [0.15, 0.2) is 57.7 Å². The van der Waals surface area contributed by atoms with Gasteiger partial charge in [0.2, 0.25) is 0 Å². The Morgan fingerprint density at radius 2 is 1.77 bits per heavy atom. The first-order valence-corrected chi connectivity index (χ1v) is 9.03. The van der Waals surface area contributed by atoms with Crippen LogP contribution in [0.5, 0.6) is 0 Å². The highest BCUT2D eigenvalue weighted by atomic mass is 16.3. The summed E-state index contributed by atoms with van der Waals surface area (Å²) in [6, 6.07) is 14.9. The number of carbonyl (C=O) groups is 1. The number of hydrogen-bond donors (Lipinski definition) is 0. The number of amides is 1. The van der Waals surface area contributed by atoms with E-state index in [1.165, 1.54) is 11.6 Å². The highest BCUT2D eigenvalue weighted by molar-refractivity contribution is 5.93. The van der Waals surface area contributed by atoms with Crippen molar-refractivity contribution in [2.24, 2.45) is 0 Å². The third kappa shape index (κ3) is 3.27. The van der Waals surface area contributed by atoms with E-state index in [9.17, 15) is 9.59 Å². The fourth-order valence-corrected chi connectivity index (χ4v) is 3.31. The van der Waals surface area contributed by atoms with Crippen molar-refractivity contribution >= 4 is 16.9 Å². The van der Waals surface area contributed by atoms with E-state index in [4.69, 9.17) is 4.42 Å². The van der Waals surface area contributed by atoms with Crippen LogP contribution < -0.4 is 5.43 Å². The number of nitrogens with zero attached hydrogens (tertiary/aromatic N) is 1. The molecule has 0 aliphatic carbocycles. The molecule has 0 atom stereocenters. The highest BCUT2D eigenvalue weighted by Gasteiger charge is 2.24. The molecular weight excluding hydrogens is 326 g/mol. The smallest absolute Gasteiger partial charge is 0.290 e. The summed E-state index contributed by atoms with van der Waals surface area (Å²) in [6.45, 7) is 7.04. The largest absolute Gasteiger partial charge is 0.451 e. The molecule has 0 saturated carbocycles. The molecule has 0 fully saturated rings. The van der Waals surface area contributed by atoms with Crippen molar-refractivity contribution in [3.05, 3.63) is 81.2 Å². The Morgan fingerprint density at radius 1 is 1.04 bits per heavy atom. The first kappa shape index (κ1) is 17.9. The number of fused-ring (bicyclic) bond motifs is 2. The Labute approximate surface area is 153 Å². The third-order valence-corrected chi connectivity index (χ3v) is 4.59. The lowest BCUT2D eigenvalue weighted by Gasteiger charge is -2.28. The van der Waals surface area contributed by atoms with Crippen molar-refractivity contribution in [1.29, 1.82) is 0 Å². The predicted octanol–water partition coefficient (Wildman–Crippen LogP) is 4.33. The molecule has 1 aromatic heterocycles. The molecule has 0 bridgehead atoms. The Hall–Kier alpha value is -2.88. The van der Waals surface area contributed by atoms with Gasteiger partial charge in [0, 0.05) is 19.2 Å². The Morgan fingerprint density at radius 3 is 2.54 bits per heavy atom. The summed E-state index contributed by atoms with van der Waals surface area (Å²) in [7, 11) is 0. The van der Waals surface area contributed by atoms with Crippen LogP contribution >= 0.6 is 0 Å². The van der Waals surface area contributed by atoms with Gasteiger partial charge in [-0.15, -0.1) is 0 Å². The average molecular weight is 349 g/mol. The van der Waals surface area contributed by atoms with E-state index in [2.05, 4.69) is 6.07 Å². The van der Waals surface area contributed by atoms with Gasteiger partial charge in [0.1, 0.15) is 5.58 Å². The molecule has 4 nitrogen and oxygen atoms in total. The van der Waals surface area contributed by atoms with Crippen LogP contribution in [0.4, 0.5) is 0 Å². The summed E-state index contributed by atoms with van der Waals surface area (Å²) in [5.74, 6) is -0.123. The van der Waals surface area contributed by atoms with E-state index in [0.29, 0.717) is 24.1 Å². The Balaban J connectivity index is 0.000000948. The summed E-state index contributed by atoms with van der Waals surface area (Å²) in [5, 5.41) is 0.540. The zero-order chi connectivity index (χ0) is 18.7. The monoisotopic (exact) mass is 349 g/mol. The molecule has 26 heavy (non-hydrogen) atoms. The van der Waals surface area contributed by atoms with Crippen LogP contribution in [-0.2, 0) is 13.0 Å². The van der Waals surface area contributed by atoms with Gasteiger partial charge in [0.15, 0.2) is 11.2 Å². The standard InChI is InChI=1S/C20H17NO3.C2H6/c1-13-5-4-8-17-19(13)16(22)11-18(24-17)20(23)21-10-9-14-6-2-3-7-15(14)12-21;1-2/h2-8,11H,9-10,12H2,1H3;1-2H3. The molecule has 3 aromatic rings. The van der Waals surface area contributed by atoms with Crippen LogP contribution in [0.25, 0.3) is 11.0 Å². The molecule has 0 radical (unpaired) electrons. The molecule has 0 unspecified atom stereocenters. The minimum absolute atomic E-state index is 0.109.